The Bertz CT molecular complexity index is 960. The van der Waals surface area contributed by atoms with Gasteiger partial charge >= 0.3 is 12.1 Å². The molecule has 6 nitrogen and oxygen atoms in total. The van der Waals surface area contributed by atoms with Crippen molar-refractivity contribution in [3.8, 4) is 0 Å². The minimum absolute atomic E-state index is 0.0397. The zero-order chi connectivity index (χ0) is 21.3. The van der Waals surface area contributed by atoms with Crippen molar-refractivity contribution in [3.05, 3.63) is 65.2 Å². The van der Waals surface area contributed by atoms with E-state index in [1.165, 1.54) is 18.2 Å². The van der Waals surface area contributed by atoms with Crippen molar-refractivity contribution in [1.82, 2.24) is 4.90 Å². The number of hydrogen-bond acceptors (Lipinski definition) is 4. The molecule has 3 aliphatic rings. The quantitative estimate of drug-likeness (QED) is 0.801. The average Bonchev–Trinajstić information content (AvgIpc) is 2.75. The Morgan fingerprint density at radius 1 is 1.13 bits per heavy atom. The van der Waals surface area contributed by atoms with E-state index in [2.05, 4.69) is 4.90 Å². The number of carboxylic acid groups (broad SMARTS) is 1. The summed E-state index contributed by atoms with van der Waals surface area (Å²) in [6, 6.07) is 8.84. The van der Waals surface area contributed by atoms with Crippen LogP contribution in [0.3, 0.4) is 0 Å². The number of hydrogen-bond donors (Lipinski definition) is 1. The van der Waals surface area contributed by atoms with Crippen LogP contribution in [0.15, 0.2) is 42.5 Å². The zero-order valence-corrected chi connectivity index (χ0v) is 16.3. The van der Waals surface area contributed by atoms with E-state index in [0.717, 1.165) is 49.0 Å². The Morgan fingerprint density at radius 3 is 2.57 bits per heavy atom. The van der Waals surface area contributed by atoms with Crippen molar-refractivity contribution in [2.24, 2.45) is 5.92 Å². The van der Waals surface area contributed by atoms with Crippen LogP contribution in [0.4, 0.5) is 19.3 Å². The lowest BCUT2D eigenvalue weighted by Crippen LogP contribution is -2.53. The van der Waals surface area contributed by atoms with Crippen LogP contribution in [-0.4, -0.2) is 47.8 Å². The topological polar surface area (TPSA) is 70.1 Å². The second-order valence-electron chi connectivity index (χ2n) is 7.75. The monoisotopic (exact) mass is 416 g/mol. The molecule has 8 heteroatoms. The molecule has 3 aliphatic heterocycles. The summed E-state index contributed by atoms with van der Waals surface area (Å²) in [5.41, 5.74) is 0.254. The van der Waals surface area contributed by atoms with Crippen molar-refractivity contribution in [3.63, 3.8) is 0 Å². The predicted molar refractivity (Wildman–Crippen MR) is 105 cm³/mol. The van der Waals surface area contributed by atoms with Gasteiger partial charge < -0.3 is 9.84 Å². The Balaban J connectivity index is 1.61. The van der Waals surface area contributed by atoms with Crippen molar-refractivity contribution in [1.29, 1.82) is 0 Å². The number of carboxylic acids is 1. The predicted octanol–water partition coefficient (Wildman–Crippen LogP) is 3.90. The summed E-state index contributed by atoms with van der Waals surface area (Å²) in [7, 11) is 0. The fourth-order valence-corrected chi connectivity index (χ4v) is 4.16. The third-order valence-corrected chi connectivity index (χ3v) is 5.78. The van der Waals surface area contributed by atoms with E-state index in [1.54, 1.807) is 6.07 Å². The standard InChI is InChI=1S/C22H22F2N2O4/c23-17-4-5-18(24)19(11-17)26(12-14-2-1-3-16(10-14)21(27)28)22(29)30-20-13-25-8-6-15(20)7-9-25/h1-5,10-11,15,20H,6-9,12-13H2,(H,27,28)/t20-/m0/s1. The van der Waals surface area contributed by atoms with E-state index in [1.807, 2.05) is 0 Å². The molecule has 0 radical (unpaired) electrons. The number of halogens is 2. The van der Waals surface area contributed by atoms with Crippen LogP contribution in [0.25, 0.3) is 0 Å². The molecule has 3 heterocycles. The minimum Gasteiger partial charge on any atom is -0.478 e. The number of anilines is 1. The van der Waals surface area contributed by atoms with Crippen LogP contribution < -0.4 is 4.90 Å². The van der Waals surface area contributed by atoms with Crippen LogP contribution in [0.2, 0.25) is 0 Å². The van der Waals surface area contributed by atoms with Gasteiger partial charge in [0, 0.05) is 12.6 Å². The number of piperidine rings is 3. The summed E-state index contributed by atoms with van der Waals surface area (Å²) >= 11 is 0. The number of ether oxygens (including phenoxy) is 1. The van der Waals surface area contributed by atoms with Gasteiger partial charge in [0.1, 0.15) is 17.7 Å². The Labute approximate surface area is 172 Å². The number of rotatable bonds is 5. The van der Waals surface area contributed by atoms with Crippen LogP contribution in [-0.2, 0) is 11.3 Å². The van der Waals surface area contributed by atoms with Gasteiger partial charge in [-0.25, -0.2) is 18.4 Å². The molecule has 1 amide bonds. The fourth-order valence-electron chi connectivity index (χ4n) is 4.16. The van der Waals surface area contributed by atoms with Crippen molar-refractivity contribution < 1.29 is 28.2 Å². The third-order valence-electron chi connectivity index (χ3n) is 5.78. The van der Waals surface area contributed by atoms with Crippen LogP contribution in [0.5, 0.6) is 0 Å². The minimum atomic E-state index is -1.12. The van der Waals surface area contributed by atoms with E-state index in [-0.39, 0.29) is 29.8 Å². The van der Waals surface area contributed by atoms with E-state index >= 15 is 0 Å². The van der Waals surface area contributed by atoms with Gasteiger partial charge in [-0.05, 0) is 61.7 Å². The molecule has 1 N–H and O–H groups in total. The summed E-state index contributed by atoms with van der Waals surface area (Å²) in [6.45, 7) is 2.43. The summed E-state index contributed by atoms with van der Waals surface area (Å²) < 4.78 is 34.1. The summed E-state index contributed by atoms with van der Waals surface area (Å²) in [6.07, 6.45) is 0.795. The highest BCUT2D eigenvalue weighted by atomic mass is 19.1. The first kappa shape index (κ1) is 20.3. The maximum Gasteiger partial charge on any atom is 0.415 e. The molecule has 5 rings (SSSR count). The van der Waals surface area contributed by atoms with Crippen molar-refractivity contribution in [2.45, 2.75) is 25.5 Å². The lowest BCUT2D eigenvalue weighted by molar-refractivity contribution is -0.0311. The first-order valence-electron chi connectivity index (χ1n) is 9.88. The number of benzene rings is 2. The largest absolute Gasteiger partial charge is 0.478 e. The fraction of sp³-hybridized carbons (Fsp3) is 0.364. The zero-order valence-electron chi connectivity index (χ0n) is 16.3. The highest BCUT2D eigenvalue weighted by molar-refractivity contribution is 5.89. The highest BCUT2D eigenvalue weighted by Crippen LogP contribution is 2.31. The maximum atomic E-state index is 14.5. The lowest BCUT2D eigenvalue weighted by atomic mass is 9.86. The van der Waals surface area contributed by atoms with Crippen LogP contribution >= 0.6 is 0 Å². The van der Waals surface area contributed by atoms with Crippen LogP contribution in [0.1, 0.15) is 28.8 Å². The highest BCUT2D eigenvalue weighted by Gasteiger charge is 2.37. The molecule has 3 fully saturated rings. The lowest BCUT2D eigenvalue weighted by Gasteiger charge is -2.44. The molecule has 0 unspecified atom stereocenters. The molecule has 2 aromatic carbocycles. The summed E-state index contributed by atoms with van der Waals surface area (Å²) in [5.74, 6) is -2.31. The second-order valence-corrected chi connectivity index (χ2v) is 7.75. The maximum absolute atomic E-state index is 14.5. The molecule has 0 aromatic heterocycles. The Kier molecular flexibility index (Phi) is 5.67. The molecule has 0 spiro atoms. The number of fused-ring (bicyclic) bond motifs is 3. The summed E-state index contributed by atoms with van der Waals surface area (Å²) in [5, 5.41) is 9.21. The number of carbonyl (C=O) groups excluding carboxylic acids is 1. The molecule has 0 saturated carbocycles. The second kappa shape index (κ2) is 8.39. The molecule has 3 saturated heterocycles. The molecule has 158 valence electrons. The first-order valence-corrected chi connectivity index (χ1v) is 9.88. The van der Waals surface area contributed by atoms with Crippen LogP contribution in [0, 0.1) is 17.6 Å². The molecular weight excluding hydrogens is 394 g/mol. The number of aromatic carboxylic acids is 1. The van der Waals surface area contributed by atoms with Gasteiger partial charge in [0.05, 0.1) is 17.8 Å². The van der Waals surface area contributed by atoms with E-state index in [9.17, 15) is 23.5 Å². The molecule has 30 heavy (non-hydrogen) atoms. The van der Waals surface area contributed by atoms with Gasteiger partial charge in [-0.1, -0.05) is 12.1 Å². The molecule has 2 bridgehead atoms. The number of nitrogens with zero attached hydrogens (tertiary/aromatic N) is 2. The average molecular weight is 416 g/mol. The van der Waals surface area contributed by atoms with Crippen molar-refractivity contribution in [2.75, 3.05) is 24.5 Å². The van der Waals surface area contributed by atoms with Gasteiger partial charge in [-0.2, -0.15) is 0 Å². The first-order chi connectivity index (χ1) is 14.4. The molecule has 0 aliphatic carbocycles. The van der Waals surface area contributed by atoms with Gasteiger partial charge in [0.25, 0.3) is 0 Å². The summed E-state index contributed by atoms with van der Waals surface area (Å²) in [4.78, 5) is 27.6. The van der Waals surface area contributed by atoms with Gasteiger partial charge in [-0.15, -0.1) is 0 Å². The number of carbonyl (C=O) groups is 2. The molecular formula is C22H22F2N2O4. The van der Waals surface area contributed by atoms with Crippen molar-refractivity contribution >= 4 is 17.7 Å². The van der Waals surface area contributed by atoms with Gasteiger partial charge in [0.2, 0.25) is 0 Å². The number of amides is 1. The van der Waals surface area contributed by atoms with Gasteiger partial charge in [-0.3, -0.25) is 9.80 Å². The third kappa shape index (κ3) is 4.28. The molecule has 1 atom stereocenters. The SMILES string of the molecule is O=C(O)c1cccc(CN(C(=O)O[C@H]2CN3CCC2CC3)c2cc(F)ccc2F)c1. The smallest absolute Gasteiger partial charge is 0.415 e. The Morgan fingerprint density at radius 2 is 1.90 bits per heavy atom. The van der Waals surface area contributed by atoms with E-state index in [4.69, 9.17) is 4.74 Å². The van der Waals surface area contributed by atoms with E-state index < -0.39 is 23.7 Å². The normalized spacial score (nSPS) is 22.5. The van der Waals surface area contributed by atoms with Gasteiger partial charge in [0.15, 0.2) is 0 Å². The Hall–Kier alpha value is -3.00. The molecule has 2 aromatic rings. The van der Waals surface area contributed by atoms with E-state index in [0.29, 0.717) is 12.1 Å².